The molecular weight excluding hydrogens is 240 g/mol. The first-order chi connectivity index (χ1) is 9.08. The van der Waals surface area contributed by atoms with E-state index < -0.39 is 0 Å². The number of likely N-dealkylation sites (tertiary alicyclic amines) is 1. The molecule has 4 nitrogen and oxygen atoms in total. The van der Waals surface area contributed by atoms with Gasteiger partial charge in [-0.1, -0.05) is 19.1 Å². The monoisotopic (exact) mass is 260 g/mol. The molecule has 0 bridgehead atoms. The van der Waals surface area contributed by atoms with Crippen molar-refractivity contribution in [1.29, 1.82) is 0 Å². The Labute approximate surface area is 113 Å². The molecule has 2 amide bonds. The Balaban J connectivity index is 2.05. The smallest absolute Gasteiger partial charge is 0.321 e. The second kappa shape index (κ2) is 5.87. The van der Waals surface area contributed by atoms with Crippen molar-refractivity contribution in [3.63, 3.8) is 0 Å². The van der Waals surface area contributed by atoms with Gasteiger partial charge in [-0.2, -0.15) is 0 Å². The third-order valence-electron chi connectivity index (χ3n) is 3.62. The van der Waals surface area contributed by atoms with Gasteiger partial charge < -0.3 is 10.2 Å². The Kier molecular flexibility index (Phi) is 4.20. The fourth-order valence-corrected chi connectivity index (χ4v) is 2.31. The highest BCUT2D eigenvalue weighted by Crippen LogP contribution is 2.19. The average Bonchev–Trinajstić information content (AvgIpc) is 2.39. The van der Waals surface area contributed by atoms with Crippen LogP contribution < -0.4 is 5.32 Å². The van der Waals surface area contributed by atoms with E-state index in [0.29, 0.717) is 17.2 Å². The number of rotatable bonds is 2. The molecule has 0 saturated carbocycles. The Bertz CT molecular complexity index is 477. The minimum absolute atomic E-state index is 0.0387. The van der Waals surface area contributed by atoms with Crippen LogP contribution in [-0.4, -0.2) is 29.8 Å². The van der Waals surface area contributed by atoms with E-state index in [-0.39, 0.29) is 11.8 Å². The molecule has 0 unspecified atom stereocenters. The van der Waals surface area contributed by atoms with Crippen molar-refractivity contribution in [2.24, 2.45) is 5.92 Å². The van der Waals surface area contributed by atoms with E-state index in [2.05, 4.69) is 12.2 Å². The molecule has 1 aromatic rings. The summed E-state index contributed by atoms with van der Waals surface area (Å²) in [5.74, 6) is 0.650. The molecule has 102 valence electrons. The molecule has 2 rings (SSSR count). The van der Waals surface area contributed by atoms with Gasteiger partial charge in [-0.15, -0.1) is 0 Å². The summed E-state index contributed by atoms with van der Waals surface area (Å²) < 4.78 is 0. The summed E-state index contributed by atoms with van der Waals surface area (Å²) in [4.78, 5) is 25.5. The number of nitrogens with zero attached hydrogens (tertiary/aromatic N) is 1. The largest absolute Gasteiger partial charge is 0.325 e. The Morgan fingerprint density at radius 3 is 2.47 bits per heavy atom. The molecule has 1 aliphatic heterocycles. The van der Waals surface area contributed by atoms with Crippen LogP contribution in [0, 0.1) is 5.92 Å². The zero-order valence-corrected chi connectivity index (χ0v) is 11.5. The van der Waals surface area contributed by atoms with Gasteiger partial charge in [0.2, 0.25) is 0 Å². The van der Waals surface area contributed by atoms with E-state index in [1.807, 2.05) is 11.0 Å². The van der Waals surface area contributed by atoms with E-state index in [0.717, 1.165) is 25.9 Å². The number of benzene rings is 1. The van der Waals surface area contributed by atoms with Gasteiger partial charge in [-0.3, -0.25) is 4.79 Å². The van der Waals surface area contributed by atoms with Crippen LogP contribution >= 0.6 is 0 Å². The minimum Gasteiger partial charge on any atom is -0.325 e. The number of nitrogens with one attached hydrogen (secondary N) is 1. The third-order valence-corrected chi connectivity index (χ3v) is 3.62. The average molecular weight is 260 g/mol. The normalized spacial score (nSPS) is 16.2. The number of carbonyl (C=O) groups is 2. The quantitative estimate of drug-likeness (QED) is 0.830. The number of urea groups is 1. The fraction of sp³-hybridized carbons (Fsp3) is 0.467. The van der Waals surface area contributed by atoms with Crippen molar-refractivity contribution >= 4 is 17.5 Å². The zero-order chi connectivity index (χ0) is 13.8. The Morgan fingerprint density at radius 1 is 1.21 bits per heavy atom. The molecule has 1 N–H and O–H groups in total. The molecule has 0 radical (unpaired) electrons. The Morgan fingerprint density at radius 2 is 1.84 bits per heavy atom. The lowest BCUT2D eigenvalue weighted by molar-refractivity contribution is 0.101. The number of para-hydroxylation sites is 1. The second-order valence-electron chi connectivity index (χ2n) is 5.20. The Hall–Kier alpha value is -1.84. The maximum Gasteiger partial charge on any atom is 0.321 e. The first-order valence-corrected chi connectivity index (χ1v) is 6.74. The number of Topliss-reactive ketones (excluding diaryl/α,β-unsaturated/α-hetero) is 1. The topological polar surface area (TPSA) is 49.4 Å². The summed E-state index contributed by atoms with van der Waals surface area (Å²) in [6, 6.07) is 7.01. The van der Waals surface area contributed by atoms with Crippen molar-refractivity contribution in [2.45, 2.75) is 26.7 Å². The molecular formula is C15H20N2O2. The molecule has 1 fully saturated rings. The van der Waals surface area contributed by atoms with E-state index in [1.54, 1.807) is 18.2 Å². The molecule has 1 heterocycles. The van der Waals surface area contributed by atoms with E-state index in [1.165, 1.54) is 6.92 Å². The minimum atomic E-state index is -0.111. The molecule has 19 heavy (non-hydrogen) atoms. The zero-order valence-electron chi connectivity index (χ0n) is 11.5. The third kappa shape index (κ3) is 3.34. The molecule has 1 saturated heterocycles. The lowest BCUT2D eigenvalue weighted by Gasteiger charge is -2.30. The second-order valence-corrected chi connectivity index (χ2v) is 5.20. The summed E-state index contributed by atoms with van der Waals surface area (Å²) in [6.07, 6.45) is 2.09. The number of amides is 2. The molecule has 1 aliphatic rings. The van der Waals surface area contributed by atoms with Crippen LogP contribution in [0.1, 0.15) is 37.0 Å². The van der Waals surface area contributed by atoms with Crippen molar-refractivity contribution < 1.29 is 9.59 Å². The highest BCUT2D eigenvalue weighted by Gasteiger charge is 2.21. The fourth-order valence-electron chi connectivity index (χ4n) is 2.31. The summed E-state index contributed by atoms with van der Waals surface area (Å²) in [7, 11) is 0. The van der Waals surface area contributed by atoms with Gasteiger partial charge in [0.25, 0.3) is 0 Å². The lowest BCUT2D eigenvalue weighted by atomic mass is 10.00. The van der Waals surface area contributed by atoms with Crippen LogP contribution in [-0.2, 0) is 0 Å². The summed E-state index contributed by atoms with van der Waals surface area (Å²) >= 11 is 0. The number of hydrogen-bond acceptors (Lipinski definition) is 2. The molecule has 0 atom stereocenters. The molecule has 4 heteroatoms. The van der Waals surface area contributed by atoms with E-state index in [9.17, 15) is 9.59 Å². The SMILES string of the molecule is CC(=O)c1ccccc1NC(=O)N1CCC(C)CC1. The molecule has 0 spiro atoms. The van der Waals surface area contributed by atoms with Gasteiger partial charge in [0, 0.05) is 18.7 Å². The van der Waals surface area contributed by atoms with Crippen LogP contribution in [0.3, 0.4) is 0 Å². The van der Waals surface area contributed by atoms with Gasteiger partial charge >= 0.3 is 6.03 Å². The number of piperidine rings is 1. The highest BCUT2D eigenvalue weighted by atomic mass is 16.2. The molecule has 0 aromatic heterocycles. The predicted octanol–water partition coefficient (Wildman–Crippen LogP) is 3.15. The first kappa shape index (κ1) is 13.6. The maximum absolute atomic E-state index is 12.2. The standard InChI is InChI=1S/C15H20N2O2/c1-11-7-9-17(10-8-11)15(19)16-14-6-4-3-5-13(14)12(2)18/h3-6,11H,7-10H2,1-2H3,(H,16,19). The lowest BCUT2D eigenvalue weighted by Crippen LogP contribution is -2.40. The van der Waals surface area contributed by atoms with E-state index >= 15 is 0 Å². The number of carbonyl (C=O) groups excluding carboxylic acids is 2. The molecule has 0 aliphatic carbocycles. The van der Waals surface area contributed by atoms with Crippen LogP contribution in [0.15, 0.2) is 24.3 Å². The summed E-state index contributed by atoms with van der Waals surface area (Å²) in [6.45, 7) is 5.29. The van der Waals surface area contributed by atoms with Crippen molar-refractivity contribution in [2.75, 3.05) is 18.4 Å². The predicted molar refractivity (Wildman–Crippen MR) is 75.4 cm³/mol. The van der Waals surface area contributed by atoms with Crippen molar-refractivity contribution in [3.05, 3.63) is 29.8 Å². The van der Waals surface area contributed by atoms with E-state index in [4.69, 9.17) is 0 Å². The van der Waals surface area contributed by atoms with Gasteiger partial charge in [-0.05, 0) is 37.8 Å². The molecule has 1 aromatic carbocycles. The van der Waals surface area contributed by atoms with Gasteiger partial charge in [0.1, 0.15) is 0 Å². The highest BCUT2D eigenvalue weighted by molar-refractivity contribution is 6.03. The van der Waals surface area contributed by atoms with Crippen LogP contribution in [0.4, 0.5) is 10.5 Å². The summed E-state index contributed by atoms with van der Waals surface area (Å²) in [5.41, 5.74) is 1.15. The van der Waals surface area contributed by atoms with Crippen molar-refractivity contribution in [3.8, 4) is 0 Å². The van der Waals surface area contributed by atoms with Gasteiger partial charge in [-0.25, -0.2) is 4.79 Å². The summed E-state index contributed by atoms with van der Waals surface area (Å²) in [5, 5.41) is 2.84. The van der Waals surface area contributed by atoms with Gasteiger partial charge in [0.15, 0.2) is 5.78 Å². The van der Waals surface area contributed by atoms with Crippen LogP contribution in [0.5, 0.6) is 0 Å². The van der Waals surface area contributed by atoms with Crippen LogP contribution in [0.25, 0.3) is 0 Å². The number of ketones is 1. The number of anilines is 1. The van der Waals surface area contributed by atoms with Gasteiger partial charge in [0.05, 0.1) is 5.69 Å². The maximum atomic E-state index is 12.2. The first-order valence-electron chi connectivity index (χ1n) is 6.74. The van der Waals surface area contributed by atoms with Crippen LogP contribution in [0.2, 0.25) is 0 Å². The number of hydrogen-bond donors (Lipinski definition) is 1. The van der Waals surface area contributed by atoms with Crippen molar-refractivity contribution in [1.82, 2.24) is 4.90 Å².